The molecule has 1 rings (SSSR count). The Morgan fingerprint density at radius 3 is 2.00 bits per heavy atom. The normalized spacial score (nSPS) is 6.50. The lowest BCUT2D eigenvalue weighted by Crippen LogP contribution is -1.49. The SMILES string of the molecule is O=CO.O=[P+](O)O.c1cocn1. The summed E-state index contributed by atoms with van der Waals surface area (Å²) in [7, 11) is -2.87. The number of rotatable bonds is 0. The van der Waals surface area contributed by atoms with Crippen LogP contribution in [0.25, 0.3) is 0 Å². The fraction of sp³-hybridized carbons (Fsp3) is 0. The van der Waals surface area contributed by atoms with E-state index >= 15 is 0 Å². The molecule has 0 saturated heterocycles. The standard InChI is InChI=1S/C3H3NO.CH2O2.HO3P/c1-2-5-3-4-1;2-1-3;1-4(2)3/h1-3H;1H,(H,2,3);(H-,1,2,3)/p+1. The highest BCUT2D eigenvalue weighted by Crippen LogP contribution is 1.98. The second-order valence-corrected chi connectivity index (χ2v) is 1.54. The van der Waals surface area contributed by atoms with Gasteiger partial charge in [-0.2, -0.15) is 0 Å². The number of oxazole rings is 1. The van der Waals surface area contributed by atoms with E-state index in [0.717, 1.165) is 0 Å². The number of hydrogen-bond acceptors (Lipinski definition) is 4. The summed E-state index contributed by atoms with van der Waals surface area (Å²) >= 11 is 0. The molecule has 0 unspecified atom stereocenters. The summed E-state index contributed by atoms with van der Waals surface area (Å²) in [6, 6.07) is 0. The molecule has 0 aliphatic rings. The number of carbonyl (C=O) groups is 1. The Balaban J connectivity index is 0. The van der Waals surface area contributed by atoms with Crippen LogP contribution in [0.1, 0.15) is 0 Å². The smallest absolute Gasteiger partial charge is 0.483 e. The van der Waals surface area contributed by atoms with E-state index in [1.165, 1.54) is 12.7 Å². The molecule has 7 nitrogen and oxygen atoms in total. The largest absolute Gasteiger partial charge is 0.692 e. The lowest BCUT2D eigenvalue weighted by Gasteiger charge is -1.47. The van der Waals surface area contributed by atoms with Gasteiger partial charge in [0.25, 0.3) is 6.47 Å². The first-order chi connectivity index (χ1) is 5.65. The predicted molar refractivity (Wildman–Crippen MR) is 37.2 cm³/mol. The molecule has 0 fully saturated rings. The molecule has 0 atom stereocenters. The number of aromatic nitrogens is 1. The molecule has 3 N–H and O–H groups in total. The lowest BCUT2D eigenvalue weighted by molar-refractivity contribution is -0.122. The van der Waals surface area contributed by atoms with E-state index in [9.17, 15) is 0 Å². The summed E-state index contributed by atoms with van der Waals surface area (Å²) in [4.78, 5) is 26.2. The third kappa shape index (κ3) is 37.7. The van der Waals surface area contributed by atoms with E-state index in [0.29, 0.717) is 0 Å². The predicted octanol–water partition coefficient (Wildman–Crippen LogP) is 0.00380. The Hall–Kier alpha value is -1.30. The van der Waals surface area contributed by atoms with Crippen molar-refractivity contribution in [2.24, 2.45) is 0 Å². The van der Waals surface area contributed by atoms with Crippen molar-refractivity contribution in [2.75, 3.05) is 0 Å². The van der Waals surface area contributed by atoms with Crippen molar-refractivity contribution in [3.8, 4) is 0 Å². The zero-order valence-corrected chi connectivity index (χ0v) is 6.66. The summed E-state index contributed by atoms with van der Waals surface area (Å²) in [5, 5.41) is 6.89. The molecule has 0 spiro atoms. The Bertz CT molecular complexity index is 166. The maximum absolute atomic E-state index is 8.70. The van der Waals surface area contributed by atoms with Gasteiger partial charge >= 0.3 is 8.25 Å². The zero-order valence-electron chi connectivity index (χ0n) is 5.77. The van der Waals surface area contributed by atoms with Gasteiger partial charge in [0.15, 0.2) is 6.39 Å². The second-order valence-electron chi connectivity index (χ2n) is 1.03. The van der Waals surface area contributed by atoms with E-state index in [1.807, 2.05) is 0 Å². The van der Waals surface area contributed by atoms with Crippen molar-refractivity contribution in [1.29, 1.82) is 0 Å². The Labute approximate surface area is 68.2 Å². The van der Waals surface area contributed by atoms with Gasteiger partial charge in [-0.15, -0.1) is 9.79 Å². The van der Waals surface area contributed by atoms with Gasteiger partial charge in [0.05, 0.1) is 6.20 Å². The summed E-state index contributed by atoms with van der Waals surface area (Å²) in [6.07, 6.45) is 4.47. The van der Waals surface area contributed by atoms with Gasteiger partial charge in [-0.1, -0.05) is 0 Å². The molecule has 0 aliphatic heterocycles. The van der Waals surface area contributed by atoms with Crippen LogP contribution in [0.5, 0.6) is 0 Å². The van der Waals surface area contributed by atoms with Crippen LogP contribution in [0.4, 0.5) is 0 Å². The van der Waals surface area contributed by atoms with Crippen molar-refractivity contribution in [2.45, 2.75) is 0 Å². The molecule has 0 aromatic carbocycles. The monoisotopic (exact) mass is 196 g/mol. The number of nitrogens with zero attached hydrogens (tertiary/aromatic N) is 1. The molecule has 0 bridgehead atoms. The first-order valence-electron chi connectivity index (χ1n) is 2.40. The first kappa shape index (κ1) is 13.3. The molecule has 8 heteroatoms. The van der Waals surface area contributed by atoms with Gasteiger partial charge in [0.2, 0.25) is 0 Å². The number of carboxylic acid groups (broad SMARTS) is 1. The minimum absolute atomic E-state index is 0.250. The molecule has 1 heterocycles. The average Bonchev–Trinajstić information content (AvgIpc) is 2.40. The highest BCUT2D eigenvalue weighted by atomic mass is 31.1. The Morgan fingerprint density at radius 1 is 1.50 bits per heavy atom. The fourth-order valence-electron chi connectivity index (χ4n) is 0.176. The third-order valence-electron chi connectivity index (χ3n) is 0.347. The van der Waals surface area contributed by atoms with Gasteiger partial charge in [-0.25, -0.2) is 4.98 Å². The summed E-state index contributed by atoms with van der Waals surface area (Å²) in [6.45, 7) is -0.250. The molecule has 0 amide bonds. The third-order valence-corrected chi connectivity index (χ3v) is 0.347. The van der Waals surface area contributed by atoms with Crippen LogP contribution in [0.2, 0.25) is 0 Å². The van der Waals surface area contributed by atoms with Gasteiger partial charge in [0, 0.05) is 4.57 Å². The minimum Gasteiger partial charge on any atom is -0.483 e. The van der Waals surface area contributed by atoms with Gasteiger partial charge in [-0.3, -0.25) is 4.79 Å². The number of hydrogen-bond donors (Lipinski definition) is 3. The van der Waals surface area contributed by atoms with Crippen molar-refractivity contribution in [3.05, 3.63) is 18.9 Å². The van der Waals surface area contributed by atoms with Gasteiger partial charge in [-0.05, 0) is 0 Å². The molecular weight excluding hydrogens is 189 g/mol. The maximum Gasteiger partial charge on any atom is 0.692 e. The molecule has 0 radical (unpaired) electrons. The summed E-state index contributed by atoms with van der Waals surface area (Å²) in [5.41, 5.74) is 0. The van der Waals surface area contributed by atoms with Gasteiger partial charge < -0.3 is 9.52 Å². The average molecular weight is 196 g/mol. The quantitative estimate of drug-likeness (QED) is 0.394. The van der Waals surface area contributed by atoms with Crippen molar-refractivity contribution in [3.63, 3.8) is 0 Å². The van der Waals surface area contributed by atoms with E-state index in [4.69, 9.17) is 24.3 Å². The van der Waals surface area contributed by atoms with E-state index in [-0.39, 0.29) is 6.47 Å². The highest BCUT2D eigenvalue weighted by Gasteiger charge is 1.93. The fourth-order valence-corrected chi connectivity index (χ4v) is 0.176. The Kier molecular flexibility index (Phi) is 13.7. The maximum atomic E-state index is 8.70. The highest BCUT2D eigenvalue weighted by molar-refractivity contribution is 7.30. The van der Waals surface area contributed by atoms with Crippen LogP contribution in [0.15, 0.2) is 23.3 Å². The van der Waals surface area contributed by atoms with E-state index in [2.05, 4.69) is 9.40 Å². The van der Waals surface area contributed by atoms with Crippen LogP contribution >= 0.6 is 8.25 Å². The van der Waals surface area contributed by atoms with Crippen LogP contribution in [-0.2, 0) is 9.36 Å². The van der Waals surface area contributed by atoms with E-state index in [1.54, 1.807) is 6.20 Å². The molecule has 1 aromatic rings. The molecular formula is C4H7NO6P+. The topological polar surface area (TPSA) is 121 Å². The summed E-state index contributed by atoms with van der Waals surface area (Å²) in [5.74, 6) is 0. The van der Waals surface area contributed by atoms with Crippen LogP contribution < -0.4 is 0 Å². The first-order valence-corrected chi connectivity index (χ1v) is 3.56. The molecule has 68 valence electrons. The van der Waals surface area contributed by atoms with Gasteiger partial charge in [0.1, 0.15) is 6.26 Å². The van der Waals surface area contributed by atoms with Crippen molar-refractivity contribution in [1.82, 2.24) is 4.98 Å². The molecule has 0 saturated carbocycles. The van der Waals surface area contributed by atoms with Crippen LogP contribution in [0.3, 0.4) is 0 Å². The van der Waals surface area contributed by atoms with Crippen molar-refractivity contribution < 1.29 is 28.7 Å². The lowest BCUT2D eigenvalue weighted by atomic mass is 11.0. The van der Waals surface area contributed by atoms with E-state index < -0.39 is 8.25 Å². The van der Waals surface area contributed by atoms with Crippen molar-refractivity contribution >= 4 is 14.7 Å². The molecule has 0 aliphatic carbocycles. The molecule has 1 aromatic heterocycles. The van der Waals surface area contributed by atoms with Crippen LogP contribution in [-0.4, -0.2) is 26.3 Å². The zero-order chi connectivity index (χ0) is 9.82. The summed E-state index contributed by atoms with van der Waals surface area (Å²) < 4.78 is 13.2. The Morgan fingerprint density at radius 2 is 1.92 bits per heavy atom. The molecule has 12 heavy (non-hydrogen) atoms. The minimum atomic E-state index is -2.87. The van der Waals surface area contributed by atoms with Crippen LogP contribution in [0, 0.1) is 0 Å². The second kappa shape index (κ2) is 12.4.